The molecular formula is C13H14BrN7OS. The molecule has 0 unspecified atom stereocenters. The highest BCUT2D eigenvalue weighted by atomic mass is 79.9. The Balaban J connectivity index is 1.73. The number of halogens is 1. The van der Waals surface area contributed by atoms with Gasteiger partial charge in [0.05, 0.1) is 19.9 Å². The number of carbonyl (C=O) groups excluding carboxylic acids is 1. The normalized spacial score (nSPS) is 11.7. The van der Waals surface area contributed by atoms with E-state index in [0.717, 1.165) is 14.4 Å². The average molecular weight is 396 g/mol. The molecule has 23 heavy (non-hydrogen) atoms. The molecule has 0 aliphatic carbocycles. The van der Waals surface area contributed by atoms with E-state index < -0.39 is 5.91 Å². The summed E-state index contributed by atoms with van der Waals surface area (Å²) in [6, 6.07) is 5.67. The summed E-state index contributed by atoms with van der Waals surface area (Å²) in [5.41, 5.74) is 0.486. The second-order valence-electron chi connectivity index (χ2n) is 5.80. The van der Waals surface area contributed by atoms with Crippen LogP contribution in [0.3, 0.4) is 0 Å². The Morgan fingerprint density at radius 1 is 1.39 bits per heavy atom. The minimum absolute atomic E-state index is 0.00310. The van der Waals surface area contributed by atoms with Crippen LogP contribution in [0.2, 0.25) is 0 Å². The van der Waals surface area contributed by atoms with Gasteiger partial charge in [-0.05, 0) is 54.0 Å². The molecule has 0 saturated carbocycles. The number of nitrogens with zero attached hydrogens (tertiary/aromatic N) is 5. The number of amides is 1. The lowest BCUT2D eigenvalue weighted by atomic mass is 10.1. The Labute approximate surface area is 144 Å². The largest absolute Gasteiger partial charge is 0.302 e. The second-order valence-corrected chi connectivity index (χ2v) is 8.26. The van der Waals surface area contributed by atoms with Gasteiger partial charge in [0.2, 0.25) is 0 Å². The van der Waals surface area contributed by atoms with E-state index in [0.29, 0.717) is 5.82 Å². The molecule has 8 nitrogen and oxygen atoms in total. The monoisotopic (exact) mass is 395 g/mol. The van der Waals surface area contributed by atoms with Crippen molar-refractivity contribution in [1.29, 1.82) is 0 Å². The fourth-order valence-corrected chi connectivity index (χ4v) is 3.08. The van der Waals surface area contributed by atoms with Crippen LogP contribution >= 0.6 is 27.3 Å². The zero-order valence-corrected chi connectivity index (χ0v) is 15.1. The first kappa shape index (κ1) is 15.8. The number of H-pyrrole nitrogens is 1. The van der Waals surface area contributed by atoms with Crippen molar-refractivity contribution in [2.75, 3.05) is 5.32 Å². The van der Waals surface area contributed by atoms with Crippen LogP contribution in [0.4, 0.5) is 5.82 Å². The topological polar surface area (TPSA) is 101 Å². The third-order valence-electron chi connectivity index (χ3n) is 2.87. The Kier molecular flexibility index (Phi) is 4.02. The van der Waals surface area contributed by atoms with Gasteiger partial charge in [0.15, 0.2) is 5.82 Å². The quantitative estimate of drug-likeness (QED) is 0.709. The van der Waals surface area contributed by atoms with E-state index in [1.807, 2.05) is 32.9 Å². The van der Waals surface area contributed by atoms with Crippen molar-refractivity contribution in [3.63, 3.8) is 0 Å². The van der Waals surface area contributed by atoms with Crippen molar-refractivity contribution in [1.82, 2.24) is 30.4 Å². The smallest absolute Gasteiger partial charge is 0.298 e. The molecule has 0 fully saturated rings. The van der Waals surface area contributed by atoms with Gasteiger partial charge < -0.3 is 5.32 Å². The lowest BCUT2D eigenvalue weighted by Gasteiger charge is -2.15. The zero-order chi connectivity index (χ0) is 16.6. The van der Waals surface area contributed by atoms with Crippen LogP contribution in [0, 0.1) is 0 Å². The molecule has 0 atom stereocenters. The molecule has 0 aliphatic heterocycles. The van der Waals surface area contributed by atoms with Gasteiger partial charge in [-0.3, -0.25) is 9.89 Å². The lowest BCUT2D eigenvalue weighted by Crippen LogP contribution is -2.25. The zero-order valence-electron chi connectivity index (χ0n) is 12.7. The van der Waals surface area contributed by atoms with Gasteiger partial charge in [0, 0.05) is 6.07 Å². The number of hydrogen-bond donors (Lipinski definition) is 2. The highest BCUT2D eigenvalue weighted by Gasteiger charge is 2.21. The van der Waals surface area contributed by atoms with E-state index in [1.165, 1.54) is 4.80 Å². The predicted octanol–water partition coefficient (Wildman–Crippen LogP) is 2.89. The fraction of sp³-hybridized carbons (Fsp3) is 0.308. The summed E-state index contributed by atoms with van der Waals surface area (Å²) in [4.78, 5) is 14.6. The Bertz CT molecular complexity index is 845. The molecule has 10 heteroatoms. The van der Waals surface area contributed by atoms with Gasteiger partial charge in [-0.1, -0.05) is 0 Å². The standard InChI is InChI=1S/C13H14BrN7OS/c1-13(2,3)21-19-11(18-20-21)12(22)15-10-6-7(16-17-10)8-4-5-9(14)23-8/h4-6H,1-3H3,(H2,15,16,17,22). The van der Waals surface area contributed by atoms with Crippen LogP contribution in [0.5, 0.6) is 0 Å². The molecule has 3 aromatic rings. The number of hydrogen-bond acceptors (Lipinski definition) is 6. The molecule has 0 radical (unpaired) electrons. The Hall–Kier alpha value is -2.07. The molecule has 3 rings (SSSR count). The van der Waals surface area contributed by atoms with Gasteiger partial charge in [0.1, 0.15) is 0 Å². The second kappa shape index (κ2) is 5.85. The van der Waals surface area contributed by atoms with Crippen molar-refractivity contribution in [3.05, 3.63) is 27.8 Å². The third-order valence-corrected chi connectivity index (χ3v) is 4.53. The van der Waals surface area contributed by atoms with E-state index in [4.69, 9.17) is 0 Å². The van der Waals surface area contributed by atoms with Crippen LogP contribution in [0.15, 0.2) is 22.0 Å². The van der Waals surface area contributed by atoms with Crippen molar-refractivity contribution in [3.8, 4) is 10.6 Å². The number of rotatable bonds is 3. The van der Waals surface area contributed by atoms with Crippen LogP contribution in [-0.4, -0.2) is 36.3 Å². The Morgan fingerprint density at radius 3 is 2.78 bits per heavy atom. The van der Waals surface area contributed by atoms with E-state index in [1.54, 1.807) is 17.4 Å². The van der Waals surface area contributed by atoms with E-state index in [2.05, 4.69) is 46.9 Å². The van der Waals surface area contributed by atoms with Crippen molar-refractivity contribution < 1.29 is 4.79 Å². The molecule has 0 aromatic carbocycles. The first-order chi connectivity index (χ1) is 10.8. The number of thiophene rings is 1. The minimum Gasteiger partial charge on any atom is -0.302 e. The van der Waals surface area contributed by atoms with E-state index in [9.17, 15) is 4.79 Å². The lowest BCUT2D eigenvalue weighted by molar-refractivity contribution is 0.101. The summed E-state index contributed by atoms with van der Waals surface area (Å²) >= 11 is 4.98. The maximum Gasteiger partial charge on any atom is 0.298 e. The van der Waals surface area contributed by atoms with E-state index in [-0.39, 0.29) is 11.4 Å². The van der Waals surface area contributed by atoms with E-state index >= 15 is 0 Å². The summed E-state index contributed by atoms with van der Waals surface area (Å²) in [5, 5.41) is 21.4. The molecule has 3 aromatic heterocycles. The van der Waals surface area contributed by atoms with Gasteiger partial charge in [-0.2, -0.15) is 9.90 Å². The maximum absolute atomic E-state index is 12.2. The minimum atomic E-state index is -0.453. The summed E-state index contributed by atoms with van der Waals surface area (Å²) in [7, 11) is 0. The number of aromatic amines is 1. The number of nitrogens with one attached hydrogen (secondary N) is 2. The molecule has 0 bridgehead atoms. The summed E-state index contributed by atoms with van der Waals surface area (Å²) in [6.45, 7) is 5.78. The fourth-order valence-electron chi connectivity index (χ4n) is 1.73. The van der Waals surface area contributed by atoms with Crippen molar-refractivity contribution in [2.24, 2.45) is 0 Å². The van der Waals surface area contributed by atoms with Crippen molar-refractivity contribution >= 4 is 39.0 Å². The van der Waals surface area contributed by atoms with Crippen molar-refractivity contribution in [2.45, 2.75) is 26.3 Å². The summed E-state index contributed by atoms with van der Waals surface area (Å²) < 4.78 is 1.02. The number of tetrazole rings is 1. The van der Waals surface area contributed by atoms with Gasteiger partial charge in [-0.15, -0.1) is 21.5 Å². The predicted molar refractivity (Wildman–Crippen MR) is 90.4 cm³/mol. The first-order valence-corrected chi connectivity index (χ1v) is 8.37. The van der Waals surface area contributed by atoms with Crippen LogP contribution in [0.1, 0.15) is 31.4 Å². The molecular weight excluding hydrogens is 382 g/mol. The maximum atomic E-state index is 12.2. The third kappa shape index (κ3) is 3.48. The number of carbonyl (C=O) groups is 1. The summed E-state index contributed by atoms with van der Waals surface area (Å²) in [6.07, 6.45) is 0. The van der Waals surface area contributed by atoms with Gasteiger partial charge in [0.25, 0.3) is 11.7 Å². The molecule has 0 spiro atoms. The molecule has 1 amide bonds. The molecule has 2 N–H and O–H groups in total. The highest BCUT2D eigenvalue weighted by molar-refractivity contribution is 9.11. The first-order valence-electron chi connectivity index (χ1n) is 6.76. The number of aromatic nitrogens is 6. The molecule has 120 valence electrons. The highest BCUT2D eigenvalue weighted by Crippen LogP contribution is 2.30. The van der Waals surface area contributed by atoms with Gasteiger partial charge >= 0.3 is 0 Å². The van der Waals surface area contributed by atoms with Crippen LogP contribution in [-0.2, 0) is 5.54 Å². The average Bonchev–Trinajstić information content (AvgIpc) is 3.15. The molecule has 0 aliphatic rings. The Morgan fingerprint density at radius 2 is 2.17 bits per heavy atom. The van der Waals surface area contributed by atoms with Crippen LogP contribution < -0.4 is 5.32 Å². The molecule has 3 heterocycles. The SMILES string of the molecule is CC(C)(C)n1nnc(C(=O)Nc2cc(-c3ccc(Br)s3)[nH]n2)n1. The van der Waals surface area contributed by atoms with Crippen LogP contribution in [0.25, 0.3) is 10.6 Å². The molecule has 0 saturated heterocycles. The number of anilines is 1. The summed E-state index contributed by atoms with van der Waals surface area (Å²) in [5.74, 6) is -0.0455. The van der Waals surface area contributed by atoms with Gasteiger partial charge in [-0.25, -0.2) is 0 Å².